The van der Waals surface area contributed by atoms with Crippen LogP contribution in [0.25, 0.3) is 22.1 Å². The number of anilines is 1. The minimum Gasteiger partial charge on any atom is -0.341 e. The molecule has 0 bridgehead atoms. The van der Waals surface area contributed by atoms with Crippen molar-refractivity contribution < 1.29 is 4.79 Å². The molecule has 4 aromatic rings. The Kier molecular flexibility index (Phi) is 3.92. The van der Waals surface area contributed by atoms with Gasteiger partial charge >= 0.3 is 0 Å². The maximum atomic E-state index is 12.0. The first kappa shape index (κ1) is 14.8. The average molecular weight is 337 g/mol. The highest BCUT2D eigenvalue weighted by molar-refractivity contribution is 7.99. The summed E-state index contributed by atoms with van der Waals surface area (Å²) in [5.41, 5.74) is 3.70. The van der Waals surface area contributed by atoms with Gasteiger partial charge in [0.15, 0.2) is 0 Å². The number of carbonyl (C=O) groups excluding carboxylic acids is 1. The van der Waals surface area contributed by atoms with Gasteiger partial charge < -0.3 is 9.97 Å². The fourth-order valence-corrected chi connectivity index (χ4v) is 3.18. The molecular formula is C17H15N5OS. The summed E-state index contributed by atoms with van der Waals surface area (Å²) < 4.78 is 0. The van der Waals surface area contributed by atoms with E-state index < -0.39 is 0 Å². The Bertz CT molecular complexity index is 940. The van der Waals surface area contributed by atoms with E-state index in [1.165, 1.54) is 11.8 Å². The van der Waals surface area contributed by atoms with Crippen molar-refractivity contribution in [1.29, 1.82) is 0 Å². The van der Waals surface area contributed by atoms with Crippen molar-refractivity contribution >= 4 is 45.7 Å². The van der Waals surface area contributed by atoms with Gasteiger partial charge in [-0.25, -0.2) is 9.97 Å². The highest BCUT2D eigenvalue weighted by atomic mass is 32.2. The number of fused-ring (bicyclic) bond motifs is 2. The van der Waals surface area contributed by atoms with Gasteiger partial charge in [0.2, 0.25) is 11.9 Å². The number of rotatable bonds is 5. The van der Waals surface area contributed by atoms with Gasteiger partial charge in [-0.05, 0) is 24.3 Å². The number of nitrogens with zero attached hydrogens (tertiary/aromatic N) is 2. The van der Waals surface area contributed by atoms with Crippen molar-refractivity contribution in [3.8, 4) is 0 Å². The summed E-state index contributed by atoms with van der Waals surface area (Å²) in [4.78, 5) is 27.2. The van der Waals surface area contributed by atoms with Gasteiger partial charge in [0.1, 0.15) is 5.82 Å². The van der Waals surface area contributed by atoms with E-state index in [1.807, 2.05) is 48.5 Å². The lowest BCUT2D eigenvalue weighted by atomic mass is 10.3. The largest absolute Gasteiger partial charge is 0.341 e. The summed E-state index contributed by atoms with van der Waals surface area (Å²) in [6.07, 6.45) is 0. The van der Waals surface area contributed by atoms with E-state index >= 15 is 0 Å². The lowest BCUT2D eigenvalue weighted by Gasteiger charge is -2.00. The second kappa shape index (κ2) is 6.37. The van der Waals surface area contributed by atoms with Crippen LogP contribution in [0.2, 0.25) is 0 Å². The van der Waals surface area contributed by atoms with Crippen LogP contribution in [-0.4, -0.2) is 31.6 Å². The third kappa shape index (κ3) is 3.11. The molecule has 24 heavy (non-hydrogen) atoms. The molecule has 0 aliphatic carbocycles. The highest BCUT2D eigenvalue weighted by Gasteiger charge is 2.08. The standard InChI is InChI=1S/C17H15N5OS/c23-16(22-17-20-13-7-3-4-8-14(13)21-17)10-24-9-15-18-11-5-1-2-6-12(11)19-15/h1-8H,9-10H2,(H,18,19)(H2,20,21,22,23). The van der Waals surface area contributed by atoms with Gasteiger partial charge in [0, 0.05) is 0 Å². The average Bonchev–Trinajstić information content (AvgIpc) is 3.17. The number of amides is 1. The van der Waals surface area contributed by atoms with E-state index in [9.17, 15) is 4.79 Å². The Morgan fingerprint density at radius 1 is 0.958 bits per heavy atom. The Morgan fingerprint density at radius 2 is 1.62 bits per heavy atom. The molecule has 0 saturated carbocycles. The van der Waals surface area contributed by atoms with E-state index in [1.54, 1.807) is 0 Å². The Balaban J connectivity index is 1.33. The number of aromatic nitrogens is 4. The lowest BCUT2D eigenvalue weighted by Crippen LogP contribution is -2.15. The van der Waals surface area contributed by atoms with E-state index in [0.29, 0.717) is 17.5 Å². The van der Waals surface area contributed by atoms with Crippen LogP contribution in [0, 0.1) is 0 Å². The fourth-order valence-electron chi connectivity index (χ4n) is 2.49. The molecule has 0 unspecified atom stereocenters. The molecule has 0 radical (unpaired) electrons. The molecule has 6 nitrogen and oxygen atoms in total. The van der Waals surface area contributed by atoms with Crippen LogP contribution in [0.4, 0.5) is 5.95 Å². The number of carbonyl (C=O) groups is 1. The smallest absolute Gasteiger partial charge is 0.236 e. The SMILES string of the molecule is O=C(CSCc1nc2ccccc2[nH]1)Nc1nc2ccccc2[nH]1. The topological polar surface area (TPSA) is 86.5 Å². The van der Waals surface area contributed by atoms with Crippen molar-refractivity contribution in [3.63, 3.8) is 0 Å². The number of thioether (sulfide) groups is 1. The number of hydrogen-bond donors (Lipinski definition) is 3. The molecule has 2 heterocycles. The van der Waals surface area contributed by atoms with Crippen molar-refractivity contribution in [3.05, 3.63) is 54.4 Å². The normalized spacial score (nSPS) is 11.2. The summed E-state index contributed by atoms with van der Waals surface area (Å²) in [6, 6.07) is 15.6. The van der Waals surface area contributed by atoms with Gasteiger partial charge in [0.25, 0.3) is 0 Å². The molecule has 0 saturated heterocycles. The number of para-hydroxylation sites is 4. The predicted molar refractivity (Wildman–Crippen MR) is 97.0 cm³/mol. The van der Waals surface area contributed by atoms with Crippen LogP contribution in [0.15, 0.2) is 48.5 Å². The molecule has 2 aromatic heterocycles. The molecule has 0 spiro atoms. The quantitative estimate of drug-likeness (QED) is 0.521. The van der Waals surface area contributed by atoms with E-state index in [2.05, 4.69) is 25.3 Å². The first-order valence-corrected chi connectivity index (χ1v) is 8.69. The summed E-state index contributed by atoms with van der Waals surface area (Å²) in [7, 11) is 0. The summed E-state index contributed by atoms with van der Waals surface area (Å²) >= 11 is 1.51. The lowest BCUT2D eigenvalue weighted by molar-refractivity contribution is -0.113. The van der Waals surface area contributed by atoms with Crippen LogP contribution in [0.5, 0.6) is 0 Å². The second-order valence-corrected chi connectivity index (χ2v) is 6.33. The number of aromatic amines is 2. The minimum absolute atomic E-state index is 0.0878. The molecule has 0 aliphatic rings. The maximum Gasteiger partial charge on any atom is 0.236 e. The van der Waals surface area contributed by atoms with Gasteiger partial charge in [-0.15, -0.1) is 11.8 Å². The minimum atomic E-state index is -0.0878. The molecular weight excluding hydrogens is 322 g/mol. The first-order chi connectivity index (χ1) is 11.8. The van der Waals surface area contributed by atoms with Gasteiger partial charge in [-0.2, -0.15) is 0 Å². The van der Waals surface area contributed by atoms with Crippen molar-refractivity contribution in [2.75, 3.05) is 11.1 Å². The molecule has 4 rings (SSSR count). The van der Waals surface area contributed by atoms with Crippen molar-refractivity contribution in [2.24, 2.45) is 0 Å². The van der Waals surface area contributed by atoms with Gasteiger partial charge in [-0.1, -0.05) is 24.3 Å². The summed E-state index contributed by atoms with van der Waals surface area (Å²) in [5.74, 6) is 2.26. The van der Waals surface area contributed by atoms with E-state index in [0.717, 1.165) is 27.9 Å². The van der Waals surface area contributed by atoms with Crippen LogP contribution in [0.1, 0.15) is 5.82 Å². The van der Waals surface area contributed by atoms with Gasteiger partial charge in [-0.3, -0.25) is 10.1 Å². The Hall–Kier alpha value is -2.80. The molecule has 120 valence electrons. The number of benzene rings is 2. The zero-order valence-electron chi connectivity index (χ0n) is 12.7. The maximum absolute atomic E-state index is 12.0. The van der Waals surface area contributed by atoms with Crippen LogP contribution < -0.4 is 5.32 Å². The predicted octanol–water partition coefficient (Wildman–Crippen LogP) is 3.31. The van der Waals surface area contributed by atoms with E-state index in [4.69, 9.17) is 0 Å². The third-order valence-electron chi connectivity index (χ3n) is 3.56. The highest BCUT2D eigenvalue weighted by Crippen LogP contribution is 2.16. The van der Waals surface area contributed by atoms with Crippen LogP contribution in [-0.2, 0) is 10.5 Å². The number of H-pyrrole nitrogens is 2. The number of nitrogens with one attached hydrogen (secondary N) is 3. The molecule has 2 aromatic carbocycles. The Labute approximate surface area is 142 Å². The fraction of sp³-hybridized carbons (Fsp3) is 0.118. The van der Waals surface area contributed by atoms with Crippen molar-refractivity contribution in [2.45, 2.75) is 5.75 Å². The molecule has 0 fully saturated rings. The molecule has 1 amide bonds. The monoisotopic (exact) mass is 337 g/mol. The summed E-state index contributed by atoms with van der Waals surface area (Å²) in [6.45, 7) is 0. The van der Waals surface area contributed by atoms with Crippen molar-refractivity contribution in [1.82, 2.24) is 19.9 Å². The summed E-state index contributed by atoms with van der Waals surface area (Å²) in [5, 5.41) is 2.79. The molecule has 0 atom stereocenters. The first-order valence-electron chi connectivity index (χ1n) is 7.54. The zero-order valence-corrected chi connectivity index (χ0v) is 13.6. The van der Waals surface area contributed by atoms with Crippen LogP contribution in [0.3, 0.4) is 0 Å². The van der Waals surface area contributed by atoms with Gasteiger partial charge in [0.05, 0.1) is 33.6 Å². The zero-order chi connectivity index (χ0) is 16.4. The molecule has 0 aliphatic heterocycles. The number of imidazole rings is 2. The van der Waals surface area contributed by atoms with Crippen LogP contribution >= 0.6 is 11.8 Å². The molecule has 7 heteroatoms. The second-order valence-electron chi connectivity index (χ2n) is 5.34. The molecule has 3 N–H and O–H groups in total. The number of hydrogen-bond acceptors (Lipinski definition) is 4. The Morgan fingerprint density at radius 3 is 2.33 bits per heavy atom. The van der Waals surface area contributed by atoms with E-state index in [-0.39, 0.29) is 5.91 Å². The third-order valence-corrected chi connectivity index (χ3v) is 4.50.